The Balaban J connectivity index is 1.40. The van der Waals surface area contributed by atoms with Crippen LogP contribution in [0.5, 0.6) is 0 Å². The Labute approximate surface area is 185 Å². The number of hydrogen-bond donors (Lipinski definition) is 1. The van der Waals surface area contributed by atoms with E-state index in [9.17, 15) is 18.0 Å². The molecule has 3 aliphatic rings. The maximum atomic E-state index is 13.2. The van der Waals surface area contributed by atoms with Crippen molar-refractivity contribution in [3.8, 4) is 0 Å². The third kappa shape index (κ3) is 5.12. The van der Waals surface area contributed by atoms with E-state index in [1.165, 1.54) is 12.5 Å². The number of piperidine rings is 2. The largest absolute Gasteiger partial charge is 0.342 e. The van der Waals surface area contributed by atoms with Gasteiger partial charge in [-0.2, -0.15) is 0 Å². The summed E-state index contributed by atoms with van der Waals surface area (Å²) in [6.07, 6.45) is 5.30. The topological polar surface area (TPSA) is 86.8 Å². The van der Waals surface area contributed by atoms with Crippen molar-refractivity contribution in [2.24, 2.45) is 11.8 Å². The van der Waals surface area contributed by atoms with Gasteiger partial charge in [0.05, 0.1) is 4.90 Å². The molecule has 1 N–H and O–H groups in total. The summed E-state index contributed by atoms with van der Waals surface area (Å²) >= 11 is 0. The summed E-state index contributed by atoms with van der Waals surface area (Å²) in [4.78, 5) is 30.0. The van der Waals surface area contributed by atoms with Crippen molar-refractivity contribution in [3.05, 3.63) is 29.3 Å². The molecule has 8 heteroatoms. The Morgan fingerprint density at radius 2 is 1.71 bits per heavy atom. The zero-order valence-electron chi connectivity index (χ0n) is 18.5. The van der Waals surface area contributed by atoms with Gasteiger partial charge in [-0.15, -0.1) is 0 Å². The van der Waals surface area contributed by atoms with Crippen LogP contribution in [0.2, 0.25) is 0 Å². The molecule has 7 nitrogen and oxygen atoms in total. The Bertz CT molecular complexity index is 950. The second kappa shape index (κ2) is 8.90. The lowest BCUT2D eigenvalue weighted by Crippen LogP contribution is -2.47. The molecule has 2 amide bonds. The van der Waals surface area contributed by atoms with E-state index in [0.29, 0.717) is 37.4 Å². The highest BCUT2D eigenvalue weighted by Crippen LogP contribution is 2.27. The van der Waals surface area contributed by atoms with Gasteiger partial charge in [0.15, 0.2) is 0 Å². The molecule has 0 bridgehead atoms. The number of aryl methyl sites for hydroxylation is 1. The van der Waals surface area contributed by atoms with E-state index in [4.69, 9.17) is 0 Å². The van der Waals surface area contributed by atoms with Crippen molar-refractivity contribution in [2.75, 3.05) is 26.2 Å². The van der Waals surface area contributed by atoms with E-state index >= 15 is 0 Å². The van der Waals surface area contributed by atoms with Crippen LogP contribution in [0.3, 0.4) is 0 Å². The van der Waals surface area contributed by atoms with Gasteiger partial charge in [-0.05, 0) is 69.1 Å². The quantitative estimate of drug-likeness (QED) is 0.752. The zero-order valence-corrected chi connectivity index (χ0v) is 19.3. The standard InChI is InChI=1S/C23H33N3O4S/c1-16-4-3-11-26(15-16)22(27)18-9-12-25(13-10-18)23(28)21-14-20(8-5-17(21)2)31(29,30)24-19-6-7-19/h5,8,14,16,18-19,24H,3-4,6-7,9-13,15H2,1-2H3. The van der Waals surface area contributed by atoms with Crippen LogP contribution in [-0.4, -0.2) is 62.3 Å². The molecule has 2 heterocycles. The Morgan fingerprint density at radius 1 is 1.00 bits per heavy atom. The fraction of sp³-hybridized carbons (Fsp3) is 0.652. The predicted octanol–water partition coefficient (Wildman–Crippen LogP) is 2.55. The fourth-order valence-corrected chi connectivity index (χ4v) is 5.97. The van der Waals surface area contributed by atoms with Crippen LogP contribution in [0.25, 0.3) is 0 Å². The van der Waals surface area contributed by atoms with E-state index in [1.807, 2.05) is 11.8 Å². The first-order valence-electron chi connectivity index (χ1n) is 11.5. The van der Waals surface area contributed by atoms with Gasteiger partial charge in [-0.25, -0.2) is 13.1 Å². The molecule has 31 heavy (non-hydrogen) atoms. The molecule has 0 spiro atoms. The number of benzene rings is 1. The smallest absolute Gasteiger partial charge is 0.254 e. The van der Waals surface area contributed by atoms with Crippen molar-refractivity contribution in [3.63, 3.8) is 0 Å². The number of nitrogens with one attached hydrogen (secondary N) is 1. The third-order valence-electron chi connectivity index (χ3n) is 6.75. The van der Waals surface area contributed by atoms with Crippen LogP contribution in [0.1, 0.15) is 61.4 Å². The van der Waals surface area contributed by atoms with Gasteiger partial charge >= 0.3 is 0 Å². The normalized spacial score (nSPS) is 23.1. The van der Waals surface area contributed by atoms with Gasteiger partial charge in [-0.1, -0.05) is 13.0 Å². The summed E-state index contributed by atoms with van der Waals surface area (Å²) in [7, 11) is -3.61. The molecule has 1 aromatic rings. The van der Waals surface area contributed by atoms with Crippen LogP contribution in [-0.2, 0) is 14.8 Å². The van der Waals surface area contributed by atoms with Gasteiger partial charge in [0.2, 0.25) is 15.9 Å². The molecule has 1 aromatic carbocycles. The summed E-state index contributed by atoms with van der Waals surface area (Å²) in [5.41, 5.74) is 1.18. The number of hydrogen-bond acceptors (Lipinski definition) is 4. The molecule has 1 atom stereocenters. The molecule has 0 radical (unpaired) electrons. The molecule has 4 rings (SSSR count). The van der Waals surface area contributed by atoms with Gasteiger partial charge in [0.25, 0.3) is 5.91 Å². The van der Waals surface area contributed by atoms with Gasteiger partial charge in [-0.3, -0.25) is 9.59 Å². The number of likely N-dealkylation sites (tertiary alicyclic amines) is 2. The number of rotatable bonds is 5. The first-order valence-corrected chi connectivity index (χ1v) is 12.9. The lowest BCUT2D eigenvalue weighted by atomic mass is 9.92. The maximum Gasteiger partial charge on any atom is 0.254 e. The average Bonchev–Trinajstić information content (AvgIpc) is 3.56. The Morgan fingerprint density at radius 3 is 2.35 bits per heavy atom. The molecule has 2 aliphatic heterocycles. The van der Waals surface area contributed by atoms with Gasteiger partial charge < -0.3 is 9.80 Å². The molecular weight excluding hydrogens is 414 g/mol. The SMILES string of the molecule is Cc1ccc(S(=O)(=O)NC2CC2)cc1C(=O)N1CCC(C(=O)N2CCCC(C)C2)CC1. The molecule has 0 aromatic heterocycles. The number of sulfonamides is 1. The highest BCUT2D eigenvalue weighted by Gasteiger charge is 2.33. The van der Waals surface area contributed by atoms with Gasteiger partial charge in [0, 0.05) is 43.7 Å². The number of carbonyl (C=O) groups is 2. The van der Waals surface area contributed by atoms with Crippen molar-refractivity contribution >= 4 is 21.8 Å². The van der Waals surface area contributed by atoms with Crippen molar-refractivity contribution in [1.29, 1.82) is 0 Å². The number of carbonyl (C=O) groups excluding carboxylic acids is 2. The van der Waals surface area contributed by atoms with Crippen molar-refractivity contribution < 1.29 is 18.0 Å². The minimum Gasteiger partial charge on any atom is -0.342 e. The maximum absolute atomic E-state index is 13.2. The lowest BCUT2D eigenvalue weighted by molar-refractivity contribution is -0.138. The van der Waals surface area contributed by atoms with Crippen molar-refractivity contribution in [1.82, 2.24) is 14.5 Å². The van der Waals surface area contributed by atoms with Crippen LogP contribution < -0.4 is 4.72 Å². The second-order valence-electron chi connectivity index (χ2n) is 9.47. The first kappa shape index (κ1) is 22.3. The highest BCUT2D eigenvalue weighted by atomic mass is 32.2. The molecule has 2 saturated heterocycles. The van der Waals surface area contributed by atoms with E-state index < -0.39 is 10.0 Å². The third-order valence-corrected chi connectivity index (χ3v) is 8.27. The number of amides is 2. The van der Waals surface area contributed by atoms with Crippen LogP contribution in [0.15, 0.2) is 23.1 Å². The van der Waals surface area contributed by atoms with E-state index in [0.717, 1.165) is 37.9 Å². The fourth-order valence-electron chi connectivity index (χ4n) is 4.63. The summed E-state index contributed by atoms with van der Waals surface area (Å²) in [5.74, 6) is 0.609. The Hall–Kier alpha value is -1.93. The zero-order chi connectivity index (χ0) is 22.2. The highest BCUT2D eigenvalue weighted by molar-refractivity contribution is 7.89. The molecule has 3 fully saturated rings. The average molecular weight is 448 g/mol. The monoisotopic (exact) mass is 447 g/mol. The lowest BCUT2D eigenvalue weighted by Gasteiger charge is -2.37. The second-order valence-corrected chi connectivity index (χ2v) is 11.2. The van der Waals surface area contributed by atoms with E-state index in [2.05, 4.69) is 11.6 Å². The predicted molar refractivity (Wildman–Crippen MR) is 118 cm³/mol. The molecular formula is C23H33N3O4S. The Kier molecular flexibility index (Phi) is 6.40. The summed E-state index contributed by atoms with van der Waals surface area (Å²) in [5, 5.41) is 0. The van der Waals surface area contributed by atoms with E-state index in [-0.39, 0.29) is 28.7 Å². The molecule has 170 valence electrons. The minimum absolute atomic E-state index is 0.0184. The molecule has 1 aliphatic carbocycles. The minimum atomic E-state index is -3.61. The number of nitrogens with zero attached hydrogens (tertiary/aromatic N) is 2. The van der Waals surface area contributed by atoms with Gasteiger partial charge in [0.1, 0.15) is 0 Å². The molecule has 1 unspecified atom stereocenters. The van der Waals surface area contributed by atoms with Crippen LogP contribution >= 0.6 is 0 Å². The first-order chi connectivity index (χ1) is 14.7. The summed E-state index contributed by atoms with van der Waals surface area (Å²) in [6, 6.07) is 4.77. The van der Waals surface area contributed by atoms with Crippen molar-refractivity contribution in [2.45, 2.75) is 63.3 Å². The van der Waals surface area contributed by atoms with Crippen LogP contribution in [0, 0.1) is 18.8 Å². The van der Waals surface area contributed by atoms with Crippen LogP contribution in [0.4, 0.5) is 0 Å². The van der Waals surface area contributed by atoms with E-state index in [1.54, 1.807) is 17.0 Å². The molecule has 1 saturated carbocycles. The summed E-state index contributed by atoms with van der Waals surface area (Å²) in [6.45, 7) is 6.75. The summed E-state index contributed by atoms with van der Waals surface area (Å²) < 4.78 is 27.8.